The maximum Gasteiger partial charge on any atom is 0.203 e. The Balaban J connectivity index is 1.62. The molecule has 86 valence electrons. The van der Waals surface area contributed by atoms with Crippen LogP contribution in [0, 0.1) is 17.2 Å². The zero-order chi connectivity index (χ0) is 11.2. The highest BCUT2D eigenvalue weighted by molar-refractivity contribution is 5.18. The SMILES string of the molecule is N#Cc1ccc(CNCCC2CCCC2)o1. The summed E-state index contributed by atoms with van der Waals surface area (Å²) in [4.78, 5) is 0. The summed E-state index contributed by atoms with van der Waals surface area (Å²) in [6, 6.07) is 5.57. The first-order valence-corrected chi connectivity index (χ1v) is 6.08. The van der Waals surface area contributed by atoms with Gasteiger partial charge in [-0.25, -0.2) is 0 Å². The molecular weight excluding hydrogens is 200 g/mol. The van der Waals surface area contributed by atoms with Crippen LogP contribution in [0.2, 0.25) is 0 Å². The van der Waals surface area contributed by atoms with Crippen LogP contribution >= 0.6 is 0 Å². The normalized spacial score (nSPS) is 16.4. The van der Waals surface area contributed by atoms with Crippen LogP contribution in [-0.2, 0) is 6.54 Å². The molecule has 1 saturated carbocycles. The zero-order valence-corrected chi connectivity index (χ0v) is 9.54. The Hall–Kier alpha value is -1.27. The van der Waals surface area contributed by atoms with E-state index in [0.29, 0.717) is 5.76 Å². The molecule has 1 aromatic rings. The van der Waals surface area contributed by atoms with E-state index in [1.54, 1.807) is 6.07 Å². The van der Waals surface area contributed by atoms with Crippen LogP contribution in [0.3, 0.4) is 0 Å². The highest BCUT2D eigenvalue weighted by Crippen LogP contribution is 2.26. The summed E-state index contributed by atoms with van der Waals surface area (Å²) in [7, 11) is 0. The van der Waals surface area contributed by atoms with E-state index in [2.05, 4.69) is 5.32 Å². The second-order valence-corrected chi connectivity index (χ2v) is 4.49. The number of hydrogen-bond acceptors (Lipinski definition) is 3. The molecule has 1 N–H and O–H groups in total. The number of hydrogen-bond donors (Lipinski definition) is 1. The first-order valence-electron chi connectivity index (χ1n) is 6.08. The van der Waals surface area contributed by atoms with Gasteiger partial charge >= 0.3 is 0 Å². The molecule has 1 fully saturated rings. The minimum Gasteiger partial charge on any atom is -0.449 e. The molecular formula is C13H18N2O. The van der Waals surface area contributed by atoms with Gasteiger partial charge in [-0.2, -0.15) is 5.26 Å². The Morgan fingerprint density at radius 3 is 2.88 bits per heavy atom. The lowest BCUT2D eigenvalue weighted by Crippen LogP contribution is -2.16. The molecule has 0 saturated heterocycles. The van der Waals surface area contributed by atoms with Gasteiger partial charge in [-0.15, -0.1) is 0 Å². The van der Waals surface area contributed by atoms with Crippen molar-refractivity contribution in [1.29, 1.82) is 5.26 Å². The first kappa shape index (κ1) is 11.2. The first-order chi connectivity index (χ1) is 7.88. The van der Waals surface area contributed by atoms with Gasteiger partial charge in [0.1, 0.15) is 11.8 Å². The van der Waals surface area contributed by atoms with Crippen molar-refractivity contribution in [1.82, 2.24) is 5.32 Å². The Morgan fingerprint density at radius 1 is 1.38 bits per heavy atom. The maximum atomic E-state index is 8.60. The van der Waals surface area contributed by atoms with Gasteiger partial charge in [0.2, 0.25) is 5.76 Å². The Kier molecular flexibility index (Phi) is 4.01. The standard InChI is InChI=1S/C13H18N2O/c14-9-12-5-6-13(16-12)10-15-8-7-11-3-1-2-4-11/h5-6,11,15H,1-4,7-8,10H2. The van der Waals surface area contributed by atoms with Gasteiger partial charge in [0.05, 0.1) is 6.54 Å². The highest BCUT2D eigenvalue weighted by Gasteiger charge is 2.13. The van der Waals surface area contributed by atoms with Crippen molar-refractivity contribution in [3.05, 3.63) is 23.7 Å². The van der Waals surface area contributed by atoms with Gasteiger partial charge in [-0.3, -0.25) is 0 Å². The smallest absolute Gasteiger partial charge is 0.203 e. The average Bonchev–Trinajstić information content (AvgIpc) is 2.95. The topological polar surface area (TPSA) is 49.0 Å². The summed E-state index contributed by atoms with van der Waals surface area (Å²) >= 11 is 0. The third-order valence-electron chi connectivity index (χ3n) is 3.28. The summed E-state index contributed by atoms with van der Waals surface area (Å²) in [5.41, 5.74) is 0. The fourth-order valence-electron chi connectivity index (χ4n) is 2.35. The molecule has 0 atom stereocenters. The summed E-state index contributed by atoms with van der Waals surface area (Å²) in [5.74, 6) is 2.18. The molecule has 1 aliphatic rings. The predicted octanol–water partition coefficient (Wildman–Crippen LogP) is 2.82. The minimum absolute atomic E-state index is 0.396. The molecule has 16 heavy (non-hydrogen) atoms. The molecule has 3 nitrogen and oxygen atoms in total. The van der Waals surface area contributed by atoms with Crippen LogP contribution in [0.4, 0.5) is 0 Å². The summed E-state index contributed by atoms with van der Waals surface area (Å²) in [6.45, 7) is 1.78. The van der Waals surface area contributed by atoms with Gasteiger partial charge in [0, 0.05) is 0 Å². The zero-order valence-electron chi connectivity index (χ0n) is 9.54. The van der Waals surface area contributed by atoms with Crippen LogP contribution < -0.4 is 5.32 Å². The summed E-state index contributed by atoms with van der Waals surface area (Å²) in [6.07, 6.45) is 6.90. The van der Waals surface area contributed by atoms with Crippen molar-refractivity contribution in [2.45, 2.75) is 38.6 Å². The molecule has 0 amide bonds. The number of nitriles is 1. The third kappa shape index (κ3) is 3.11. The van der Waals surface area contributed by atoms with Crippen molar-refractivity contribution >= 4 is 0 Å². The molecule has 2 rings (SSSR count). The van der Waals surface area contributed by atoms with E-state index in [1.807, 2.05) is 12.1 Å². The van der Waals surface area contributed by atoms with Crippen molar-refractivity contribution in [2.24, 2.45) is 5.92 Å². The van der Waals surface area contributed by atoms with E-state index < -0.39 is 0 Å². The average molecular weight is 218 g/mol. The van der Waals surface area contributed by atoms with Crippen LogP contribution in [0.1, 0.15) is 43.6 Å². The Morgan fingerprint density at radius 2 is 2.19 bits per heavy atom. The molecule has 0 bridgehead atoms. The van der Waals surface area contributed by atoms with Gasteiger partial charge in [-0.05, 0) is 31.0 Å². The monoisotopic (exact) mass is 218 g/mol. The van der Waals surface area contributed by atoms with E-state index in [9.17, 15) is 0 Å². The minimum atomic E-state index is 0.396. The van der Waals surface area contributed by atoms with E-state index in [4.69, 9.17) is 9.68 Å². The third-order valence-corrected chi connectivity index (χ3v) is 3.28. The van der Waals surface area contributed by atoms with Gasteiger partial charge in [0.15, 0.2) is 0 Å². The molecule has 3 heteroatoms. The summed E-state index contributed by atoms with van der Waals surface area (Å²) < 4.78 is 5.28. The maximum absolute atomic E-state index is 8.60. The van der Waals surface area contributed by atoms with Crippen LogP contribution in [-0.4, -0.2) is 6.54 Å². The van der Waals surface area contributed by atoms with Gasteiger partial charge in [-0.1, -0.05) is 25.7 Å². The van der Waals surface area contributed by atoms with Crippen LogP contribution in [0.5, 0.6) is 0 Å². The molecule has 0 aromatic carbocycles. The molecule has 1 aromatic heterocycles. The lowest BCUT2D eigenvalue weighted by molar-refractivity contribution is 0.443. The fourth-order valence-corrected chi connectivity index (χ4v) is 2.35. The fraction of sp³-hybridized carbons (Fsp3) is 0.615. The summed E-state index contributed by atoms with van der Waals surface area (Å²) in [5, 5.41) is 12.0. The molecule has 0 radical (unpaired) electrons. The second-order valence-electron chi connectivity index (χ2n) is 4.49. The van der Waals surface area contributed by atoms with E-state index in [-0.39, 0.29) is 0 Å². The molecule has 0 unspecified atom stereocenters. The largest absolute Gasteiger partial charge is 0.449 e. The van der Waals surface area contributed by atoms with Crippen LogP contribution in [0.15, 0.2) is 16.5 Å². The molecule has 0 spiro atoms. The Bertz CT molecular complexity index is 358. The molecule has 0 aliphatic heterocycles. The van der Waals surface area contributed by atoms with Gasteiger partial charge in [0.25, 0.3) is 0 Å². The predicted molar refractivity (Wildman–Crippen MR) is 61.7 cm³/mol. The van der Waals surface area contributed by atoms with Crippen molar-refractivity contribution in [2.75, 3.05) is 6.54 Å². The van der Waals surface area contributed by atoms with Crippen LogP contribution in [0.25, 0.3) is 0 Å². The number of nitrogens with one attached hydrogen (secondary N) is 1. The number of nitrogens with zero attached hydrogens (tertiary/aromatic N) is 1. The Labute approximate surface area is 96.4 Å². The van der Waals surface area contributed by atoms with E-state index >= 15 is 0 Å². The van der Waals surface area contributed by atoms with Crippen molar-refractivity contribution in [3.63, 3.8) is 0 Å². The number of furan rings is 1. The molecule has 1 aliphatic carbocycles. The number of rotatable bonds is 5. The highest BCUT2D eigenvalue weighted by atomic mass is 16.3. The quantitative estimate of drug-likeness (QED) is 0.773. The lowest BCUT2D eigenvalue weighted by atomic mass is 10.0. The second kappa shape index (κ2) is 5.72. The molecule has 1 heterocycles. The van der Waals surface area contributed by atoms with E-state index in [0.717, 1.165) is 24.8 Å². The van der Waals surface area contributed by atoms with E-state index in [1.165, 1.54) is 32.1 Å². The van der Waals surface area contributed by atoms with Crippen molar-refractivity contribution in [3.8, 4) is 6.07 Å². The van der Waals surface area contributed by atoms with Crippen molar-refractivity contribution < 1.29 is 4.42 Å². The van der Waals surface area contributed by atoms with Gasteiger partial charge < -0.3 is 9.73 Å². The lowest BCUT2D eigenvalue weighted by Gasteiger charge is -2.08.